The second kappa shape index (κ2) is 5.94. The maximum Gasteiger partial charge on any atom is 0.314 e. The second-order valence-corrected chi connectivity index (χ2v) is 5.22. The fourth-order valence-electron chi connectivity index (χ4n) is 2.47. The van der Waals surface area contributed by atoms with Crippen molar-refractivity contribution < 1.29 is 14.1 Å². The molecule has 0 bridgehead atoms. The molecule has 0 radical (unpaired) electrons. The molecule has 0 spiro atoms. The molecule has 7 heteroatoms. The van der Waals surface area contributed by atoms with Crippen LogP contribution in [0.4, 0.5) is 4.79 Å². The van der Waals surface area contributed by atoms with Gasteiger partial charge in [0.1, 0.15) is 11.5 Å². The highest BCUT2D eigenvalue weighted by Crippen LogP contribution is 2.20. The Bertz CT molecular complexity index is 492. The lowest BCUT2D eigenvalue weighted by Crippen LogP contribution is -2.45. The highest BCUT2D eigenvalue weighted by atomic mass is 16.5. The van der Waals surface area contributed by atoms with Gasteiger partial charge in [-0.3, -0.25) is 4.79 Å². The molecule has 1 aliphatic heterocycles. The summed E-state index contributed by atoms with van der Waals surface area (Å²) in [4.78, 5) is 26.6. The van der Waals surface area contributed by atoms with Crippen LogP contribution < -0.4 is 5.73 Å². The number of aryl methyl sites for hydroxylation is 1. The molecule has 2 N–H and O–H groups in total. The molecule has 2 rings (SSSR count). The standard InChI is InChI=1S/C13H20N4O3/c1-9-7-11(15-20-9)8-16(2)12(18)10-3-5-17(6-4-10)13(14)19/h7,10H,3-6,8H2,1-2H3,(H2,14,19). The first-order valence-electron chi connectivity index (χ1n) is 6.69. The van der Waals surface area contributed by atoms with Gasteiger partial charge in [-0.15, -0.1) is 0 Å². The zero-order valence-electron chi connectivity index (χ0n) is 11.8. The quantitative estimate of drug-likeness (QED) is 0.883. The number of piperidine rings is 1. The second-order valence-electron chi connectivity index (χ2n) is 5.22. The van der Waals surface area contributed by atoms with Crippen molar-refractivity contribution in [1.82, 2.24) is 15.0 Å². The van der Waals surface area contributed by atoms with Gasteiger partial charge < -0.3 is 20.1 Å². The molecule has 3 amide bonds. The zero-order chi connectivity index (χ0) is 14.7. The molecule has 0 atom stereocenters. The molecule has 1 aliphatic rings. The molecule has 20 heavy (non-hydrogen) atoms. The summed E-state index contributed by atoms with van der Waals surface area (Å²) in [5, 5.41) is 3.88. The Morgan fingerprint density at radius 2 is 2.15 bits per heavy atom. The Hall–Kier alpha value is -2.05. The van der Waals surface area contributed by atoms with Crippen LogP contribution in [0.2, 0.25) is 0 Å². The number of carbonyl (C=O) groups excluding carboxylic acids is 2. The monoisotopic (exact) mass is 280 g/mol. The van der Waals surface area contributed by atoms with E-state index < -0.39 is 6.03 Å². The van der Waals surface area contributed by atoms with Crippen LogP contribution in [-0.4, -0.2) is 47.0 Å². The van der Waals surface area contributed by atoms with E-state index >= 15 is 0 Å². The number of hydrogen-bond acceptors (Lipinski definition) is 4. The Balaban J connectivity index is 1.86. The van der Waals surface area contributed by atoms with Crippen molar-refractivity contribution >= 4 is 11.9 Å². The highest BCUT2D eigenvalue weighted by Gasteiger charge is 2.28. The number of likely N-dealkylation sites (tertiary alicyclic amines) is 1. The number of amides is 3. The molecule has 1 aromatic rings. The predicted molar refractivity (Wildman–Crippen MR) is 71.6 cm³/mol. The number of aromatic nitrogens is 1. The smallest absolute Gasteiger partial charge is 0.314 e. The van der Waals surface area contributed by atoms with E-state index in [0.29, 0.717) is 32.5 Å². The average molecular weight is 280 g/mol. The van der Waals surface area contributed by atoms with Crippen LogP contribution in [0.1, 0.15) is 24.3 Å². The van der Waals surface area contributed by atoms with E-state index in [1.54, 1.807) is 16.8 Å². The number of urea groups is 1. The average Bonchev–Trinajstić information content (AvgIpc) is 2.83. The van der Waals surface area contributed by atoms with E-state index in [9.17, 15) is 9.59 Å². The summed E-state index contributed by atoms with van der Waals surface area (Å²) in [5.74, 6) is 0.758. The molecular weight excluding hydrogens is 260 g/mol. The van der Waals surface area contributed by atoms with Crippen LogP contribution in [0, 0.1) is 12.8 Å². The minimum Gasteiger partial charge on any atom is -0.361 e. The first kappa shape index (κ1) is 14.4. The fourth-order valence-corrected chi connectivity index (χ4v) is 2.47. The molecule has 0 aliphatic carbocycles. The number of rotatable bonds is 3. The topological polar surface area (TPSA) is 92.7 Å². The maximum absolute atomic E-state index is 12.3. The van der Waals surface area contributed by atoms with Crippen molar-refractivity contribution in [3.63, 3.8) is 0 Å². The molecular formula is C13H20N4O3. The van der Waals surface area contributed by atoms with Crippen molar-refractivity contribution in [2.75, 3.05) is 20.1 Å². The van der Waals surface area contributed by atoms with E-state index in [2.05, 4.69) is 5.16 Å². The van der Waals surface area contributed by atoms with E-state index in [0.717, 1.165) is 11.5 Å². The maximum atomic E-state index is 12.3. The summed E-state index contributed by atoms with van der Waals surface area (Å²) in [7, 11) is 1.76. The Kier molecular flexibility index (Phi) is 4.26. The fraction of sp³-hybridized carbons (Fsp3) is 0.615. The Labute approximate surface area is 117 Å². The van der Waals surface area contributed by atoms with Gasteiger partial charge in [-0.05, 0) is 19.8 Å². The van der Waals surface area contributed by atoms with E-state index in [4.69, 9.17) is 10.3 Å². The zero-order valence-corrected chi connectivity index (χ0v) is 11.8. The van der Waals surface area contributed by atoms with Crippen LogP contribution in [-0.2, 0) is 11.3 Å². The lowest BCUT2D eigenvalue weighted by Gasteiger charge is -2.32. The largest absolute Gasteiger partial charge is 0.361 e. The highest BCUT2D eigenvalue weighted by molar-refractivity contribution is 5.79. The molecule has 0 aromatic carbocycles. The minimum atomic E-state index is -0.415. The van der Waals surface area contributed by atoms with Crippen molar-refractivity contribution in [3.05, 3.63) is 17.5 Å². The van der Waals surface area contributed by atoms with Crippen LogP contribution in [0.3, 0.4) is 0 Å². The molecule has 7 nitrogen and oxygen atoms in total. The third-order valence-corrected chi connectivity index (χ3v) is 3.61. The van der Waals surface area contributed by atoms with Crippen molar-refractivity contribution in [1.29, 1.82) is 0 Å². The molecule has 1 aromatic heterocycles. The summed E-state index contributed by atoms with van der Waals surface area (Å²) in [6, 6.07) is 1.40. The van der Waals surface area contributed by atoms with Crippen molar-refractivity contribution in [3.8, 4) is 0 Å². The third-order valence-electron chi connectivity index (χ3n) is 3.61. The van der Waals surface area contributed by atoms with E-state index in [1.807, 2.05) is 13.0 Å². The normalized spacial score (nSPS) is 16.2. The van der Waals surface area contributed by atoms with Crippen LogP contribution >= 0.6 is 0 Å². The van der Waals surface area contributed by atoms with Gasteiger partial charge in [-0.25, -0.2) is 4.79 Å². The first-order chi connectivity index (χ1) is 9.47. The summed E-state index contributed by atoms with van der Waals surface area (Å²) in [5.41, 5.74) is 5.97. The van der Waals surface area contributed by atoms with Gasteiger partial charge in [0.15, 0.2) is 0 Å². The van der Waals surface area contributed by atoms with Gasteiger partial charge in [-0.2, -0.15) is 0 Å². The summed E-state index contributed by atoms with van der Waals surface area (Å²) in [6.07, 6.45) is 1.31. The van der Waals surface area contributed by atoms with E-state index in [1.165, 1.54) is 0 Å². The summed E-state index contributed by atoms with van der Waals surface area (Å²) >= 11 is 0. The van der Waals surface area contributed by atoms with Crippen LogP contribution in [0.15, 0.2) is 10.6 Å². The predicted octanol–water partition coefficient (Wildman–Crippen LogP) is 0.732. The molecule has 2 heterocycles. The third kappa shape index (κ3) is 3.28. The lowest BCUT2D eigenvalue weighted by molar-refractivity contribution is -0.136. The SMILES string of the molecule is Cc1cc(CN(C)C(=O)C2CCN(C(N)=O)CC2)no1. The molecule has 1 fully saturated rings. The van der Waals surface area contributed by atoms with Crippen LogP contribution in [0.25, 0.3) is 0 Å². The van der Waals surface area contributed by atoms with Gasteiger partial charge in [0.25, 0.3) is 0 Å². The number of nitrogens with two attached hydrogens (primary N) is 1. The molecule has 1 saturated heterocycles. The summed E-state index contributed by atoms with van der Waals surface area (Å²) in [6.45, 7) is 3.34. The lowest BCUT2D eigenvalue weighted by atomic mass is 9.95. The van der Waals surface area contributed by atoms with Gasteiger partial charge in [0, 0.05) is 32.1 Å². The number of carbonyl (C=O) groups is 2. The van der Waals surface area contributed by atoms with Crippen molar-refractivity contribution in [2.45, 2.75) is 26.3 Å². The number of nitrogens with zero attached hydrogens (tertiary/aromatic N) is 3. The molecule has 0 unspecified atom stereocenters. The van der Waals surface area contributed by atoms with Gasteiger partial charge >= 0.3 is 6.03 Å². The Morgan fingerprint density at radius 1 is 1.50 bits per heavy atom. The van der Waals surface area contributed by atoms with E-state index in [-0.39, 0.29) is 11.8 Å². The van der Waals surface area contributed by atoms with Gasteiger partial charge in [0.2, 0.25) is 5.91 Å². The summed E-state index contributed by atoms with van der Waals surface area (Å²) < 4.78 is 4.99. The van der Waals surface area contributed by atoms with Gasteiger partial charge in [0.05, 0.1) is 6.54 Å². The van der Waals surface area contributed by atoms with Gasteiger partial charge in [-0.1, -0.05) is 5.16 Å². The molecule has 110 valence electrons. The molecule has 0 saturated carbocycles. The minimum absolute atomic E-state index is 0.0522. The number of primary amides is 1. The number of hydrogen-bond donors (Lipinski definition) is 1. The first-order valence-corrected chi connectivity index (χ1v) is 6.69. The van der Waals surface area contributed by atoms with Crippen molar-refractivity contribution in [2.24, 2.45) is 11.7 Å². The van der Waals surface area contributed by atoms with Crippen LogP contribution in [0.5, 0.6) is 0 Å². The Morgan fingerprint density at radius 3 is 2.65 bits per heavy atom.